The molecule has 0 bridgehead atoms. The normalized spacial score (nSPS) is 10.4. The molecule has 2 heterocycles. The summed E-state index contributed by atoms with van der Waals surface area (Å²) in [4.78, 5) is 10.0. The van der Waals surface area contributed by atoms with Crippen LogP contribution < -0.4 is 10.1 Å². The van der Waals surface area contributed by atoms with Crippen molar-refractivity contribution in [2.24, 2.45) is 0 Å². The second-order valence-electron chi connectivity index (χ2n) is 3.89. The van der Waals surface area contributed by atoms with Crippen molar-refractivity contribution in [3.8, 4) is 5.88 Å². The smallest absolute Gasteiger partial charge is 0.222 e. The third kappa shape index (κ3) is 2.79. The van der Waals surface area contributed by atoms with Crippen molar-refractivity contribution in [2.75, 3.05) is 12.4 Å². The first-order chi connectivity index (χ1) is 8.74. The van der Waals surface area contributed by atoms with Crippen molar-refractivity contribution >= 4 is 17.2 Å². The van der Waals surface area contributed by atoms with Crippen molar-refractivity contribution in [1.82, 2.24) is 9.97 Å². The highest BCUT2D eigenvalue weighted by Crippen LogP contribution is 2.23. The number of aryl methyl sites for hydroxylation is 1. The zero-order chi connectivity index (χ0) is 13.0. The lowest BCUT2D eigenvalue weighted by Crippen LogP contribution is -2.06. The lowest BCUT2D eigenvalue weighted by Gasteiger charge is -2.12. The largest absolute Gasteiger partial charge is 0.472 e. The van der Waals surface area contributed by atoms with Crippen molar-refractivity contribution in [3.05, 3.63) is 33.8 Å². The molecular formula is C13H17N3OS. The van der Waals surface area contributed by atoms with Gasteiger partial charge in [-0.15, -0.1) is 11.3 Å². The summed E-state index contributed by atoms with van der Waals surface area (Å²) < 4.78 is 5.79. The van der Waals surface area contributed by atoms with Crippen LogP contribution in [0.5, 0.6) is 5.88 Å². The van der Waals surface area contributed by atoms with Gasteiger partial charge in [-0.2, -0.15) is 4.98 Å². The number of hydrogen-bond acceptors (Lipinski definition) is 5. The molecule has 0 aliphatic rings. The number of rotatable bonds is 5. The first-order valence-electron chi connectivity index (χ1n) is 5.95. The number of nitrogens with one attached hydrogen (secondary N) is 1. The van der Waals surface area contributed by atoms with Crippen molar-refractivity contribution in [1.29, 1.82) is 0 Å². The number of ether oxygens (including phenoxy) is 1. The van der Waals surface area contributed by atoms with E-state index in [1.807, 2.05) is 32.3 Å². The van der Waals surface area contributed by atoms with Crippen molar-refractivity contribution in [3.63, 3.8) is 0 Å². The molecule has 0 atom stereocenters. The molecule has 0 aliphatic heterocycles. The lowest BCUT2D eigenvalue weighted by atomic mass is 10.3. The minimum Gasteiger partial charge on any atom is -0.472 e. The second-order valence-corrected chi connectivity index (χ2v) is 4.92. The van der Waals surface area contributed by atoms with Gasteiger partial charge in [-0.05, 0) is 18.4 Å². The molecule has 0 amide bonds. The van der Waals surface area contributed by atoms with Crippen LogP contribution in [0.2, 0.25) is 0 Å². The van der Waals surface area contributed by atoms with Gasteiger partial charge in [0.05, 0.1) is 5.56 Å². The van der Waals surface area contributed by atoms with Crippen LogP contribution >= 0.6 is 11.3 Å². The minimum atomic E-state index is 0.557. The predicted molar refractivity (Wildman–Crippen MR) is 74.3 cm³/mol. The van der Waals surface area contributed by atoms with E-state index in [0.717, 1.165) is 23.6 Å². The van der Waals surface area contributed by atoms with E-state index in [1.165, 1.54) is 4.88 Å². The van der Waals surface area contributed by atoms with Crippen LogP contribution in [0.15, 0.2) is 17.5 Å². The van der Waals surface area contributed by atoms with Crippen LogP contribution in [-0.4, -0.2) is 17.0 Å². The molecule has 4 nitrogen and oxygen atoms in total. The van der Waals surface area contributed by atoms with Gasteiger partial charge >= 0.3 is 0 Å². The Balaban J connectivity index is 2.20. The highest BCUT2D eigenvalue weighted by Gasteiger charge is 2.10. The summed E-state index contributed by atoms with van der Waals surface area (Å²) in [6.07, 6.45) is 0.796. The van der Waals surface area contributed by atoms with Crippen LogP contribution in [0, 0.1) is 6.92 Å². The fourth-order valence-corrected chi connectivity index (χ4v) is 2.23. The molecule has 0 saturated heterocycles. The SMILES string of the molecule is CCc1nc(NC)c(C)c(OCc2cccs2)n1. The molecule has 5 heteroatoms. The molecule has 0 fully saturated rings. The molecule has 0 aromatic carbocycles. The van der Waals surface area contributed by atoms with E-state index in [2.05, 4.69) is 21.4 Å². The van der Waals surface area contributed by atoms with E-state index in [9.17, 15) is 0 Å². The fourth-order valence-electron chi connectivity index (χ4n) is 1.62. The summed E-state index contributed by atoms with van der Waals surface area (Å²) >= 11 is 1.68. The van der Waals surface area contributed by atoms with E-state index < -0.39 is 0 Å². The Morgan fingerprint density at radius 3 is 2.83 bits per heavy atom. The molecule has 1 N–H and O–H groups in total. The van der Waals surface area contributed by atoms with Gasteiger partial charge in [0.15, 0.2) is 0 Å². The maximum atomic E-state index is 5.79. The molecule has 96 valence electrons. The quantitative estimate of drug-likeness (QED) is 0.900. The molecule has 2 aromatic rings. The Bertz CT molecular complexity index is 511. The highest BCUT2D eigenvalue weighted by atomic mass is 32.1. The van der Waals surface area contributed by atoms with Gasteiger partial charge in [0, 0.05) is 18.3 Å². The Labute approximate surface area is 111 Å². The average Bonchev–Trinajstić information content (AvgIpc) is 2.90. The summed E-state index contributed by atoms with van der Waals surface area (Å²) in [7, 11) is 1.86. The summed E-state index contributed by atoms with van der Waals surface area (Å²) in [5, 5.41) is 5.12. The Kier molecular flexibility index (Phi) is 4.15. The van der Waals surface area contributed by atoms with E-state index in [1.54, 1.807) is 11.3 Å². The van der Waals surface area contributed by atoms with Gasteiger partial charge in [-0.3, -0.25) is 0 Å². The zero-order valence-electron chi connectivity index (χ0n) is 10.9. The summed E-state index contributed by atoms with van der Waals surface area (Å²) in [5.41, 5.74) is 0.950. The molecule has 0 spiro atoms. The van der Waals surface area contributed by atoms with E-state index in [0.29, 0.717) is 12.5 Å². The van der Waals surface area contributed by atoms with Crippen LogP contribution in [0.4, 0.5) is 5.82 Å². The van der Waals surface area contributed by atoms with Gasteiger partial charge in [-0.25, -0.2) is 4.98 Å². The van der Waals surface area contributed by atoms with E-state index in [4.69, 9.17) is 4.74 Å². The van der Waals surface area contributed by atoms with Crippen LogP contribution in [0.1, 0.15) is 23.2 Å². The standard InChI is InChI=1S/C13H17N3OS/c1-4-11-15-12(14-3)9(2)13(16-11)17-8-10-6-5-7-18-10/h5-7H,4,8H2,1-3H3,(H,14,15,16). The number of aromatic nitrogens is 2. The van der Waals surface area contributed by atoms with Crippen molar-refractivity contribution < 1.29 is 4.74 Å². The first kappa shape index (κ1) is 12.8. The predicted octanol–water partition coefficient (Wildman–Crippen LogP) is 3.03. The van der Waals surface area contributed by atoms with Crippen LogP contribution in [0.25, 0.3) is 0 Å². The van der Waals surface area contributed by atoms with Crippen LogP contribution in [0.3, 0.4) is 0 Å². The average molecular weight is 263 g/mol. The number of thiophene rings is 1. The summed E-state index contributed by atoms with van der Waals surface area (Å²) in [6, 6.07) is 4.08. The maximum Gasteiger partial charge on any atom is 0.222 e. The Hall–Kier alpha value is -1.62. The van der Waals surface area contributed by atoms with E-state index >= 15 is 0 Å². The summed E-state index contributed by atoms with van der Waals surface area (Å²) in [5.74, 6) is 2.30. The molecular weight excluding hydrogens is 246 g/mol. The van der Waals surface area contributed by atoms with E-state index in [-0.39, 0.29) is 0 Å². The molecule has 2 aromatic heterocycles. The highest BCUT2D eigenvalue weighted by molar-refractivity contribution is 7.09. The Morgan fingerprint density at radius 1 is 1.39 bits per heavy atom. The lowest BCUT2D eigenvalue weighted by molar-refractivity contribution is 0.293. The molecule has 0 aliphatic carbocycles. The zero-order valence-corrected chi connectivity index (χ0v) is 11.7. The second kappa shape index (κ2) is 5.82. The van der Waals surface area contributed by atoms with Gasteiger partial charge in [0.1, 0.15) is 18.2 Å². The first-order valence-corrected chi connectivity index (χ1v) is 6.83. The molecule has 0 radical (unpaired) electrons. The number of anilines is 1. The molecule has 0 unspecified atom stereocenters. The minimum absolute atomic E-state index is 0.557. The molecule has 18 heavy (non-hydrogen) atoms. The third-order valence-corrected chi connectivity index (χ3v) is 3.48. The maximum absolute atomic E-state index is 5.79. The van der Waals surface area contributed by atoms with Gasteiger partial charge in [0.25, 0.3) is 0 Å². The monoisotopic (exact) mass is 263 g/mol. The molecule has 0 saturated carbocycles. The van der Waals surface area contributed by atoms with Gasteiger partial charge in [0.2, 0.25) is 5.88 Å². The summed E-state index contributed by atoms with van der Waals surface area (Å²) in [6.45, 7) is 4.56. The van der Waals surface area contributed by atoms with Gasteiger partial charge < -0.3 is 10.1 Å². The topological polar surface area (TPSA) is 47.0 Å². The number of hydrogen-bond donors (Lipinski definition) is 1. The van der Waals surface area contributed by atoms with Crippen LogP contribution in [-0.2, 0) is 13.0 Å². The Morgan fingerprint density at radius 2 is 2.22 bits per heavy atom. The van der Waals surface area contributed by atoms with Gasteiger partial charge in [-0.1, -0.05) is 13.0 Å². The number of nitrogens with zero attached hydrogens (tertiary/aromatic N) is 2. The van der Waals surface area contributed by atoms with Crippen molar-refractivity contribution in [2.45, 2.75) is 26.9 Å². The molecule has 2 rings (SSSR count). The fraction of sp³-hybridized carbons (Fsp3) is 0.385. The third-order valence-electron chi connectivity index (χ3n) is 2.63.